The average Bonchev–Trinajstić information content (AvgIpc) is 2.68. The van der Waals surface area contributed by atoms with Gasteiger partial charge in [0.25, 0.3) is 0 Å². The van der Waals surface area contributed by atoms with Crippen molar-refractivity contribution < 1.29 is 4.79 Å². The minimum absolute atomic E-state index is 0.0481. The molecule has 132 valence electrons. The number of para-hydroxylation sites is 1. The number of amides is 1. The first kappa shape index (κ1) is 17.4. The van der Waals surface area contributed by atoms with Crippen LogP contribution in [0.25, 0.3) is 0 Å². The van der Waals surface area contributed by atoms with E-state index in [0.29, 0.717) is 6.04 Å². The summed E-state index contributed by atoms with van der Waals surface area (Å²) in [5.74, 6) is 0.947. The highest BCUT2D eigenvalue weighted by Crippen LogP contribution is 2.21. The maximum absolute atomic E-state index is 12.5. The third-order valence-electron chi connectivity index (χ3n) is 4.93. The zero-order valence-electron chi connectivity index (χ0n) is 14.8. The molecule has 0 unspecified atom stereocenters. The van der Waals surface area contributed by atoms with Crippen LogP contribution >= 0.6 is 0 Å². The Labute approximate surface area is 148 Å². The van der Waals surface area contributed by atoms with Gasteiger partial charge in [-0.05, 0) is 44.0 Å². The van der Waals surface area contributed by atoms with Gasteiger partial charge in [0, 0.05) is 38.1 Å². The highest BCUT2D eigenvalue weighted by molar-refractivity contribution is 5.94. The molecule has 25 heavy (non-hydrogen) atoms. The van der Waals surface area contributed by atoms with Crippen LogP contribution in [0.15, 0.2) is 48.7 Å². The summed E-state index contributed by atoms with van der Waals surface area (Å²) in [6, 6.07) is 13.8. The van der Waals surface area contributed by atoms with E-state index in [0.717, 1.165) is 37.4 Å². The monoisotopic (exact) mass is 339 g/mol. The van der Waals surface area contributed by atoms with Gasteiger partial charge in [0.15, 0.2) is 5.82 Å². The number of rotatable bonds is 5. The van der Waals surface area contributed by atoms with Gasteiger partial charge < -0.3 is 10.2 Å². The van der Waals surface area contributed by atoms with Gasteiger partial charge in [-0.25, -0.2) is 0 Å². The predicted octanol–water partition coefficient (Wildman–Crippen LogP) is 2.40. The minimum atomic E-state index is -0.136. The molecule has 2 aromatic rings. The van der Waals surface area contributed by atoms with E-state index in [1.807, 2.05) is 49.4 Å². The van der Waals surface area contributed by atoms with Crippen LogP contribution in [-0.4, -0.2) is 53.2 Å². The highest BCUT2D eigenvalue weighted by atomic mass is 16.2. The summed E-state index contributed by atoms with van der Waals surface area (Å²) in [6.45, 7) is 3.78. The topological polar surface area (TPSA) is 61.4 Å². The Bertz CT molecular complexity index is 671. The first-order chi connectivity index (χ1) is 12.1. The lowest BCUT2D eigenvalue weighted by Gasteiger charge is -2.39. The number of likely N-dealkylation sites (tertiary alicyclic amines) is 1. The number of carbonyl (C=O) groups is 1. The van der Waals surface area contributed by atoms with E-state index in [4.69, 9.17) is 0 Å². The summed E-state index contributed by atoms with van der Waals surface area (Å²) in [4.78, 5) is 16.9. The first-order valence-corrected chi connectivity index (χ1v) is 8.75. The van der Waals surface area contributed by atoms with E-state index in [-0.39, 0.29) is 11.9 Å². The molecule has 1 fully saturated rings. The number of benzene rings is 1. The van der Waals surface area contributed by atoms with Crippen molar-refractivity contribution >= 4 is 17.4 Å². The van der Waals surface area contributed by atoms with Crippen molar-refractivity contribution in [2.24, 2.45) is 0 Å². The van der Waals surface area contributed by atoms with E-state index >= 15 is 0 Å². The molecule has 0 radical (unpaired) electrons. The lowest BCUT2D eigenvalue weighted by Crippen LogP contribution is -2.50. The van der Waals surface area contributed by atoms with Crippen LogP contribution in [0.4, 0.5) is 11.5 Å². The standard InChI is InChI=1S/C19H25N5O/c1-15(19(25)21-16-7-4-3-5-8-16)24-13-10-17(11-14-24)23(2)18-9-6-12-20-22-18/h3-9,12,15,17H,10-11,13-14H2,1-2H3,(H,21,25)/t15-/m0/s1. The summed E-state index contributed by atoms with van der Waals surface area (Å²) in [5, 5.41) is 11.1. The average molecular weight is 339 g/mol. The van der Waals surface area contributed by atoms with Crippen LogP contribution in [0, 0.1) is 0 Å². The third kappa shape index (κ3) is 4.33. The predicted molar refractivity (Wildman–Crippen MR) is 99.6 cm³/mol. The zero-order chi connectivity index (χ0) is 17.6. The first-order valence-electron chi connectivity index (χ1n) is 8.75. The smallest absolute Gasteiger partial charge is 0.241 e. The quantitative estimate of drug-likeness (QED) is 0.906. The van der Waals surface area contributed by atoms with Gasteiger partial charge in [0.2, 0.25) is 5.91 Å². The zero-order valence-corrected chi connectivity index (χ0v) is 14.8. The molecule has 0 spiro atoms. The van der Waals surface area contributed by atoms with Gasteiger partial charge in [0.1, 0.15) is 0 Å². The third-order valence-corrected chi connectivity index (χ3v) is 4.93. The molecular weight excluding hydrogens is 314 g/mol. The minimum Gasteiger partial charge on any atom is -0.355 e. The lowest BCUT2D eigenvalue weighted by atomic mass is 10.0. The Morgan fingerprint density at radius 1 is 1.20 bits per heavy atom. The summed E-state index contributed by atoms with van der Waals surface area (Å²) in [7, 11) is 2.07. The van der Waals surface area contributed by atoms with Gasteiger partial charge in [-0.15, -0.1) is 5.10 Å². The van der Waals surface area contributed by atoms with E-state index in [1.54, 1.807) is 6.20 Å². The second kappa shape index (κ2) is 8.07. The van der Waals surface area contributed by atoms with E-state index < -0.39 is 0 Å². The molecule has 6 heteroatoms. The van der Waals surface area contributed by atoms with Crippen molar-refractivity contribution in [2.45, 2.75) is 31.8 Å². The summed E-state index contributed by atoms with van der Waals surface area (Å²) < 4.78 is 0. The second-order valence-electron chi connectivity index (χ2n) is 6.49. The Balaban J connectivity index is 1.52. The van der Waals surface area contributed by atoms with Crippen molar-refractivity contribution in [3.63, 3.8) is 0 Å². The highest BCUT2D eigenvalue weighted by Gasteiger charge is 2.28. The van der Waals surface area contributed by atoms with Gasteiger partial charge in [-0.1, -0.05) is 18.2 Å². The van der Waals surface area contributed by atoms with Gasteiger partial charge in [-0.2, -0.15) is 5.10 Å². The molecule has 1 aromatic carbocycles. The summed E-state index contributed by atoms with van der Waals surface area (Å²) >= 11 is 0. The summed E-state index contributed by atoms with van der Waals surface area (Å²) in [6.07, 6.45) is 3.71. The van der Waals surface area contributed by atoms with Crippen molar-refractivity contribution in [1.82, 2.24) is 15.1 Å². The molecule has 1 atom stereocenters. The fraction of sp³-hybridized carbons (Fsp3) is 0.421. The van der Waals surface area contributed by atoms with Crippen LogP contribution in [-0.2, 0) is 4.79 Å². The molecule has 0 aliphatic carbocycles. The lowest BCUT2D eigenvalue weighted by molar-refractivity contribution is -0.121. The van der Waals surface area contributed by atoms with Crippen molar-refractivity contribution in [2.75, 3.05) is 30.4 Å². The molecule has 1 saturated heterocycles. The number of carbonyl (C=O) groups excluding carboxylic acids is 1. The van der Waals surface area contributed by atoms with E-state index in [2.05, 4.69) is 32.4 Å². The maximum atomic E-state index is 12.5. The van der Waals surface area contributed by atoms with Crippen LogP contribution in [0.2, 0.25) is 0 Å². The number of hydrogen-bond acceptors (Lipinski definition) is 5. The number of hydrogen-bond donors (Lipinski definition) is 1. The van der Waals surface area contributed by atoms with Crippen LogP contribution < -0.4 is 10.2 Å². The molecule has 1 aliphatic heterocycles. The van der Waals surface area contributed by atoms with E-state index in [1.165, 1.54) is 0 Å². The molecule has 1 N–H and O–H groups in total. The Hall–Kier alpha value is -2.47. The Kier molecular flexibility index (Phi) is 5.60. The molecule has 3 rings (SSSR count). The number of nitrogens with one attached hydrogen (secondary N) is 1. The molecule has 1 aliphatic rings. The second-order valence-corrected chi connectivity index (χ2v) is 6.49. The molecule has 2 heterocycles. The van der Waals surface area contributed by atoms with E-state index in [9.17, 15) is 4.79 Å². The van der Waals surface area contributed by atoms with Gasteiger partial charge in [-0.3, -0.25) is 9.69 Å². The molecule has 1 aromatic heterocycles. The normalized spacial score (nSPS) is 17.0. The number of nitrogens with zero attached hydrogens (tertiary/aromatic N) is 4. The Morgan fingerprint density at radius 3 is 2.56 bits per heavy atom. The number of piperidine rings is 1. The fourth-order valence-electron chi connectivity index (χ4n) is 3.26. The van der Waals surface area contributed by atoms with Crippen molar-refractivity contribution in [3.05, 3.63) is 48.7 Å². The molecule has 1 amide bonds. The van der Waals surface area contributed by atoms with Crippen LogP contribution in [0.1, 0.15) is 19.8 Å². The van der Waals surface area contributed by atoms with Gasteiger partial charge >= 0.3 is 0 Å². The fourth-order valence-corrected chi connectivity index (χ4v) is 3.26. The molecular formula is C19H25N5O. The number of aromatic nitrogens is 2. The largest absolute Gasteiger partial charge is 0.355 e. The molecule has 0 saturated carbocycles. The SMILES string of the molecule is C[C@@H](C(=O)Nc1ccccc1)N1CCC(N(C)c2cccnn2)CC1. The van der Waals surface area contributed by atoms with Crippen molar-refractivity contribution in [1.29, 1.82) is 0 Å². The summed E-state index contributed by atoms with van der Waals surface area (Å²) in [5.41, 5.74) is 0.844. The maximum Gasteiger partial charge on any atom is 0.241 e. The van der Waals surface area contributed by atoms with Crippen LogP contribution in [0.3, 0.4) is 0 Å². The van der Waals surface area contributed by atoms with Gasteiger partial charge in [0.05, 0.1) is 6.04 Å². The Morgan fingerprint density at radius 2 is 1.92 bits per heavy atom. The molecule has 6 nitrogen and oxygen atoms in total. The molecule has 0 bridgehead atoms. The van der Waals surface area contributed by atoms with Crippen molar-refractivity contribution in [3.8, 4) is 0 Å². The number of anilines is 2. The van der Waals surface area contributed by atoms with Crippen LogP contribution in [0.5, 0.6) is 0 Å².